The van der Waals surface area contributed by atoms with E-state index in [0.717, 1.165) is 25.7 Å². The fourth-order valence-corrected chi connectivity index (χ4v) is 2.56. The van der Waals surface area contributed by atoms with Crippen molar-refractivity contribution < 1.29 is 9.72 Å². The van der Waals surface area contributed by atoms with Crippen LogP contribution in [0.3, 0.4) is 0 Å². The summed E-state index contributed by atoms with van der Waals surface area (Å²) in [6.45, 7) is 1.31. The molecule has 2 rings (SSSR count). The van der Waals surface area contributed by atoms with Crippen molar-refractivity contribution in [3.63, 3.8) is 0 Å². The lowest BCUT2D eigenvalue weighted by molar-refractivity contribution is -0.385. The number of carbonyl (C=O) groups excluding carboxylic acids is 1. The molecule has 102 valence electrons. The minimum absolute atomic E-state index is 0.00525. The molecule has 0 spiro atoms. The van der Waals surface area contributed by atoms with Crippen LogP contribution in [-0.4, -0.2) is 28.8 Å². The molecule has 1 amide bonds. The lowest BCUT2D eigenvalue weighted by atomic mass is 10.1. The molecule has 1 aliphatic heterocycles. The Labute approximate surface area is 116 Å². The maximum absolute atomic E-state index is 12.4. The Morgan fingerprint density at radius 3 is 2.42 bits per heavy atom. The van der Waals surface area contributed by atoms with Crippen LogP contribution in [0.5, 0.6) is 0 Å². The predicted molar refractivity (Wildman–Crippen MR) is 72.5 cm³/mol. The van der Waals surface area contributed by atoms with Gasteiger partial charge in [-0.3, -0.25) is 14.9 Å². The molecule has 1 saturated heterocycles. The number of hydrogen-bond acceptors (Lipinski definition) is 3. The van der Waals surface area contributed by atoms with Gasteiger partial charge < -0.3 is 4.90 Å². The number of halogens is 1. The molecule has 0 atom stereocenters. The monoisotopic (exact) mass is 282 g/mol. The summed E-state index contributed by atoms with van der Waals surface area (Å²) in [6.07, 6.45) is 4.09. The maximum atomic E-state index is 12.4. The molecule has 0 radical (unpaired) electrons. The summed E-state index contributed by atoms with van der Waals surface area (Å²) in [5, 5.41) is 11.1. The van der Waals surface area contributed by atoms with Crippen molar-refractivity contribution in [3.8, 4) is 0 Å². The van der Waals surface area contributed by atoms with Gasteiger partial charge >= 0.3 is 5.69 Å². The van der Waals surface area contributed by atoms with E-state index in [2.05, 4.69) is 0 Å². The number of amides is 1. The number of nitro groups is 1. The van der Waals surface area contributed by atoms with Crippen molar-refractivity contribution in [1.29, 1.82) is 0 Å². The zero-order valence-electron chi connectivity index (χ0n) is 10.5. The van der Waals surface area contributed by atoms with Gasteiger partial charge in [-0.25, -0.2) is 0 Å². The van der Waals surface area contributed by atoms with E-state index in [1.807, 2.05) is 0 Å². The van der Waals surface area contributed by atoms with E-state index in [9.17, 15) is 14.9 Å². The van der Waals surface area contributed by atoms with Gasteiger partial charge in [-0.15, -0.1) is 0 Å². The average Bonchev–Trinajstić information content (AvgIpc) is 2.66. The van der Waals surface area contributed by atoms with Crippen molar-refractivity contribution in [2.24, 2.45) is 0 Å². The Morgan fingerprint density at radius 1 is 1.21 bits per heavy atom. The van der Waals surface area contributed by atoms with Crippen molar-refractivity contribution in [2.45, 2.75) is 25.7 Å². The molecule has 0 saturated carbocycles. The van der Waals surface area contributed by atoms with Crippen molar-refractivity contribution in [1.82, 2.24) is 4.90 Å². The molecule has 0 unspecified atom stereocenters. The summed E-state index contributed by atoms with van der Waals surface area (Å²) in [6, 6.07) is 4.47. The zero-order valence-corrected chi connectivity index (χ0v) is 11.2. The summed E-state index contributed by atoms with van der Waals surface area (Å²) >= 11 is 5.83. The van der Waals surface area contributed by atoms with E-state index in [-0.39, 0.29) is 22.2 Å². The lowest BCUT2D eigenvalue weighted by Gasteiger charge is -2.20. The quantitative estimate of drug-likeness (QED) is 0.618. The first-order valence-corrected chi connectivity index (χ1v) is 6.71. The first-order chi connectivity index (χ1) is 9.11. The fourth-order valence-electron chi connectivity index (χ4n) is 2.32. The molecule has 1 aromatic rings. The third kappa shape index (κ3) is 3.04. The van der Waals surface area contributed by atoms with E-state index >= 15 is 0 Å². The first kappa shape index (κ1) is 13.8. The average molecular weight is 283 g/mol. The molecular weight excluding hydrogens is 268 g/mol. The van der Waals surface area contributed by atoms with E-state index < -0.39 is 4.92 Å². The highest BCUT2D eigenvalue weighted by molar-refractivity contribution is 6.33. The van der Waals surface area contributed by atoms with Crippen LogP contribution in [0.25, 0.3) is 0 Å². The molecule has 0 bridgehead atoms. The Kier molecular flexibility index (Phi) is 4.37. The second-order valence-electron chi connectivity index (χ2n) is 4.60. The highest BCUT2D eigenvalue weighted by Crippen LogP contribution is 2.29. The lowest BCUT2D eigenvalue weighted by Crippen LogP contribution is -2.32. The molecule has 0 aromatic heterocycles. The first-order valence-electron chi connectivity index (χ1n) is 6.33. The third-order valence-electron chi connectivity index (χ3n) is 3.29. The molecule has 1 aliphatic rings. The minimum Gasteiger partial charge on any atom is -0.338 e. The molecule has 0 aliphatic carbocycles. The van der Waals surface area contributed by atoms with Gasteiger partial charge in [0.15, 0.2) is 0 Å². The summed E-state index contributed by atoms with van der Waals surface area (Å²) in [5.74, 6) is -0.295. The standard InChI is InChI=1S/C13H15ClN2O3/c14-11-7-5-6-10(12(11)16(18)19)13(17)15-8-3-1-2-4-9-15/h5-7H,1-4,8-9H2. The van der Waals surface area contributed by atoms with Gasteiger partial charge in [0.05, 0.1) is 4.92 Å². The number of nitrogens with zero attached hydrogens (tertiary/aromatic N) is 2. The van der Waals surface area contributed by atoms with Gasteiger partial charge in [0.25, 0.3) is 5.91 Å². The van der Waals surface area contributed by atoms with Crippen LogP contribution in [0, 0.1) is 10.1 Å². The third-order valence-corrected chi connectivity index (χ3v) is 3.60. The van der Waals surface area contributed by atoms with Gasteiger partial charge in [-0.05, 0) is 25.0 Å². The van der Waals surface area contributed by atoms with E-state index in [0.29, 0.717) is 13.1 Å². The molecular formula is C13H15ClN2O3. The van der Waals surface area contributed by atoms with E-state index in [4.69, 9.17) is 11.6 Å². The molecule has 19 heavy (non-hydrogen) atoms. The molecule has 1 heterocycles. The van der Waals surface area contributed by atoms with Crippen molar-refractivity contribution in [2.75, 3.05) is 13.1 Å². The van der Waals surface area contributed by atoms with Gasteiger partial charge in [0.1, 0.15) is 10.6 Å². The number of nitro benzene ring substituents is 1. The minimum atomic E-state index is -0.590. The smallest absolute Gasteiger partial charge is 0.300 e. The maximum Gasteiger partial charge on any atom is 0.300 e. The fraction of sp³-hybridized carbons (Fsp3) is 0.462. The van der Waals surface area contributed by atoms with Crippen molar-refractivity contribution >= 4 is 23.2 Å². The highest BCUT2D eigenvalue weighted by Gasteiger charge is 2.27. The highest BCUT2D eigenvalue weighted by atomic mass is 35.5. The normalized spacial score (nSPS) is 15.9. The number of rotatable bonds is 2. The van der Waals surface area contributed by atoms with Gasteiger partial charge in [-0.2, -0.15) is 0 Å². The van der Waals surface area contributed by atoms with Crippen LogP contribution in [0.2, 0.25) is 5.02 Å². The Hall–Kier alpha value is -1.62. The predicted octanol–water partition coefficient (Wildman–Crippen LogP) is 3.26. The molecule has 5 nitrogen and oxygen atoms in total. The van der Waals surface area contributed by atoms with Crippen LogP contribution in [0.1, 0.15) is 36.0 Å². The number of carbonyl (C=O) groups is 1. The molecule has 1 fully saturated rings. The molecule has 1 aromatic carbocycles. The summed E-state index contributed by atoms with van der Waals surface area (Å²) in [7, 11) is 0. The van der Waals surface area contributed by atoms with E-state index in [1.165, 1.54) is 12.1 Å². The summed E-state index contributed by atoms with van der Waals surface area (Å²) in [4.78, 5) is 24.5. The Morgan fingerprint density at radius 2 is 1.84 bits per heavy atom. The Balaban J connectivity index is 2.32. The largest absolute Gasteiger partial charge is 0.338 e. The van der Waals surface area contributed by atoms with E-state index in [1.54, 1.807) is 11.0 Å². The van der Waals surface area contributed by atoms with Gasteiger partial charge in [-0.1, -0.05) is 30.5 Å². The Bertz CT molecular complexity index is 497. The van der Waals surface area contributed by atoms with Gasteiger partial charge in [0, 0.05) is 13.1 Å². The van der Waals surface area contributed by atoms with Crippen LogP contribution in [0.4, 0.5) is 5.69 Å². The van der Waals surface area contributed by atoms with Crippen LogP contribution < -0.4 is 0 Å². The number of benzene rings is 1. The second kappa shape index (κ2) is 6.02. The molecule has 6 heteroatoms. The number of likely N-dealkylation sites (tertiary alicyclic amines) is 1. The zero-order chi connectivity index (χ0) is 13.8. The second-order valence-corrected chi connectivity index (χ2v) is 5.01. The SMILES string of the molecule is O=C(c1cccc(Cl)c1[N+](=O)[O-])N1CCCCCC1. The summed E-state index contributed by atoms with van der Waals surface area (Å²) in [5.41, 5.74) is -0.210. The number of hydrogen-bond donors (Lipinski definition) is 0. The topological polar surface area (TPSA) is 63.4 Å². The summed E-state index contributed by atoms with van der Waals surface area (Å²) < 4.78 is 0. The molecule has 0 N–H and O–H groups in total. The van der Waals surface area contributed by atoms with Crippen LogP contribution >= 0.6 is 11.6 Å². The van der Waals surface area contributed by atoms with Gasteiger partial charge in [0.2, 0.25) is 0 Å². The number of para-hydroxylation sites is 1. The van der Waals surface area contributed by atoms with Crippen LogP contribution in [-0.2, 0) is 0 Å². The van der Waals surface area contributed by atoms with Crippen LogP contribution in [0.15, 0.2) is 18.2 Å². The van der Waals surface area contributed by atoms with Crippen molar-refractivity contribution in [3.05, 3.63) is 38.9 Å².